The van der Waals surface area contributed by atoms with Crippen molar-refractivity contribution in [3.05, 3.63) is 48.0 Å². The van der Waals surface area contributed by atoms with Crippen LogP contribution in [-0.2, 0) is 11.3 Å². The van der Waals surface area contributed by atoms with Gasteiger partial charge < -0.3 is 15.7 Å². The van der Waals surface area contributed by atoms with Crippen LogP contribution in [0, 0.1) is 0 Å². The Balaban J connectivity index is 1.97. The monoisotopic (exact) mass is 248 g/mol. The molecule has 1 aliphatic rings. The van der Waals surface area contributed by atoms with Crippen LogP contribution in [0.4, 0.5) is 0 Å². The molecule has 1 heterocycles. The molecule has 2 unspecified atom stereocenters. The van der Waals surface area contributed by atoms with Gasteiger partial charge in [0.15, 0.2) is 6.20 Å². The molecule has 6 nitrogen and oxygen atoms in total. The number of aliphatic imine (C=N–C) groups is 1. The quantitative estimate of drug-likeness (QED) is 0.443. The van der Waals surface area contributed by atoms with E-state index in [0.717, 1.165) is 11.4 Å². The largest absolute Gasteiger partial charge is 0.846 e. The van der Waals surface area contributed by atoms with E-state index >= 15 is 0 Å². The van der Waals surface area contributed by atoms with Gasteiger partial charge in [-0.1, -0.05) is 30.3 Å². The summed E-state index contributed by atoms with van der Waals surface area (Å²) in [6, 6.07) is 9.63. The maximum Gasteiger partial charge on any atom is 0.300 e. The first-order valence-electron chi connectivity index (χ1n) is 5.71. The van der Waals surface area contributed by atoms with E-state index in [-0.39, 0.29) is 11.9 Å². The third-order valence-electron chi connectivity index (χ3n) is 2.69. The zero-order valence-electron chi connectivity index (χ0n) is 10.1. The van der Waals surface area contributed by atoms with Crippen LogP contribution in [0.1, 0.15) is 12.5 Å². The summed E-state index contributed by atoms with van der Waals surface area (Å²) < 4.78 is 0. The minimum atomic E-state index is -0.764. The van der Waals surface area contributed by atoms with E-state index in [4.69, 9.17) is 10.6 Å². The van der Waals surface area contributed by atoms with Gasteiger partial charge in [-0.15, -0.1) is 0 Å². The van der Waals surface area contributed by atoms with E-state index in [1.54, 1.807) is 6.20 Å². The molecule has 1 aromatic carbocycles. The number of nitrogens with two attached hydrogens (primary N) is 1. The molecular formula is C12H16N4O2. The molecule has 1 aliphatic heterocycles. The molecule has 2 atom stereocenters. The molecule has 4 N–H and O–H groups in total. The number of hydrogen-bond acceptors (Lipinski definition) is 4. The third-order valence-corrected chi connectivity index (χ3v) is 2.69. The lowest BCUT2D eigenvalue weighted by atomic mass is 10.1. The average molecular weight is 248 g/mol. The maximum atomic E-state index is 10.6. The summed E-state index contributed by atoms with van der Waals surface area (Å²) in [5.74, 6) is 0.206. The van der Waals surface area contributed by atoms with E-state index in [0.29, 0.717) is 0 Å². The zero-order chi connectivity index (χ0) is 13.0. The van der Waals surface area contributed by atoms with Crippen molar-refractivity contribution < 1.29 is 15.0 Å². The number of quaternary nitrogens is 1. The second-order valence-electron chi connectivity index (χ2n) is 4.18. The summed E-state index contributed by atoms with van der Waals surface area (Å²) in [5, 5.41) is 11.5. The second-order valence-corrected chi connectivity index (χ2v) is 4.18. The third kappa shape index (κ3) is 3.22. The standard InChI is InChI=1S/C12H16N4O2/c1-9(7-10-5-3-2-4-6-10)16-8-11(18-15-16)14-12(13)17/h2-6,8-9,15H,7H2,1H3,(H3,13,14,17). The molecule has 2 rings (SSSR count). The topological polar surface area (TPSA) is 87.1 Å². The van der Waals surface area contributed by atoms with Crippen LogP contribution in [0.15, 0.2) is 47.4 Å². The van der Waals surface area contributed by atoms with Crippen molar-refractivity contribution >= 4 is 6.02 Å². The van der Waals surface area contributed by atoms with Crippen LogP contribution >= 0.6 is 0 Å². The number of hydrogen-bond donors (Lipinski definition) is 3. The molecule has 0 saturated heterocycles. The highest BCUT2D eigenvalue weighted by Gasteiger charge is 2.24. The van der Waals surface area contributed by atoms with Gasteiger partial charge in [-0.2, -0.15) is 5.01 Å². The molecule has 0 aromatic heterocycles. The van der Waals surface area contributed by atoms with Crippen molar-refractivity contribution in [3.8, 4) is 0 Å². The zero-order valence-corrected chi connectivity index (χ0v) is 10.1. The second kappa shape index (κ2) is 5.52. The Morgan fingerprint density at radius 1 is 1.50 bits per heavy atom. The Kier molecular flexibility index (Phi) is 3.81. The SMILES string of the molecule is CC(Cc1ccccc1)[NH+]1C=C(/N=C(/N)[O-])ON1. The number of nitrogens with zero attached hydrogens (tertiary/aromatic N) is 1. The normalized spacial score (nSPS) is 21.3. The van der Waals surface area contributed by atoms with Crippen molar-refractivity contribution in [1.29, 1.82) is 0 Å². The summed E-state index contributed by atoms with van der Waals surface area (Å²) >= 11 is 0. The highest BCUT2D eigenvalue weighted by Crippen LogP contribution is 2.02. The Morgan fingerprint density at radius 2 is 2.22 bits per heavy atom. The van der Waals surface area contributed by atoms with Crippen LogP contribution in [-0.4, -0.2) is 12.1 Å². The predicted octanol–water partition coefficient (Wildman–Crippen LogP) is -1.57. The molecule has 0 aliphatic carbocycles. The van der Waals surface area contributed by atoms with Crippen LogP contribution in [0.25, 0.3) is 0 Å². The van der Waals surface area contributed by atoms with E-state index < -0.39 is 6.02 Å². The predicted molar refractivity (Wildman–Crippen MR) is 64.5 cm³/mol. The summed E-state index contributed by atoms with van der Waals surface area (Å²) in [6.45, 7) is 2.07. The van der Waals surface area contributed by atoms with Gasteiger partial charge >= 0.3 is 0 Å². The Bertz CT molecular complexity index is 454. The molecule has 96 valence electrons. The smallest absolute Gasteiger partial charge is 0.300 e. The first kappa shape index (κ1) is 12.4. The number of amidine groups is 1. The molecule has 1 aromatic rings. The van der Waals surface area contributed by atoms with E-state index in [1.807, 2.05) is 18.2 Å². The molecular weight excluding hydrogens is 232 g/mol. The molecule has 6 heteroatoms. The van der Waals surface area contributed by atoms with Crippen molar-refractivity contribution in [3.63, 3.8) is 0 Å². The van der Waals surface area contributed by atoms with Crippen LogP contribution in [0.5, 0.6) is 0 Å². The highest BCUT2D eigenvalue weighted by molar-refractivity contribution is 5.67. The van der Waals surface area contributed by atoms with Gasteiger partial charge in [0.05, 0.1) is 6.02 Å². The van der Waals surface area contributed by atoms with Gasteiger partial charge in [-0.05, 0) is 12.5 Å². The van der Waals surface area contributed by atoms with E-state index in [2.05, 4.69) is 29.6 Å². The van der Waals surface area contributed by atoms with Gasteiger partial charge in [0.2, 0.25) is 0 Å². The Labute approximate surface area is 105 Å². The first-order valence-corrected chi connectivity index (χ1v) is 5.71. The fourth-order valence-electron chi connectivity index (χ4n) is 1.79. The first-order chi connectivity index (χ1) is 8.65. The highest BCUT2D eigenvalue weighted by atomic mass is 16.7. The van der Waals surface area contributed by atoms with Gasteiger partial charge in [0, 0.05) is 12.0 Å². The fourth-order valence-corrected chi connectivity index (χ4v) is 1.79. The van der Waals surface area contributed by atoms with Gasteiger partial charge in [-0.3, -0.25) is 0 Å². The Morgan fingerprint density at radius 3 is 2.89 bits per heavy atom. The molecule has 0 amide bonds. The number of rotatable bonds is 4. The lowest BCUT2D eigenvalue weighted by Gasteiger charge is -2.15. The summed E-state index contributed by atoms with van der Waals surface area (Å²) in [5.41, 5.74) is 8.95. The van der Waals surface area contributed by atoms with Crippen molar-refractivity contribution in [1.82, 2.24) is 5.59 Å². The average Bonchev–Trinajstić information content (AvgIpc) is 2.78. The summed E-state index contributed by atoms with van der Waals surface area (Å²) in [6.07, 6.45) is 2.57. The van der Waals surface area contributed by atoms with Gasteiger partial charge in [0.25, 0.3) is 5.88 Å². The minimum absolute atomic E-state index is 0.206. The van der Waals surface area contributed by atoms with E-state index in [1.165, 1.54) is 5.56 Å². The molecule has 18 heavy (non-hydrogen) atoms. The van der Waals surface area contributed by atoms with Crippen molar-refractivity contribution in [2.45, 2.75) is 19.4 Å². The molecule has 0 saturated carbocycles. The summed E-state index contributed by atoms with van der Waals surface area (Å²) in [4.78, 5) is 8.55. The minimum Gasteiger partial charge on any atom is -0.846 e. The van der Waals surface area contributed by atoms with Gasteiger partial charge in [-0.25, -0.2) is 4.99 Å². The van der Waals surface area contributed by atoms with E-state index in [9.17, 15) is 5.11 Å². The fraction of sp³-hybridized carbons (Fsp3) is 0.250. The molecule has 0 fully saturated rings. The van der Waals surface area contributed by atoms with Gasteiger partial charge in [0.1, 0.15) is 6.04 Å². The number of benzene rings is 1. The van der Waals surface area contributed by atoms with Crippen LogP contribution < -0.4 is 21.4 Å². The number of nitrogens with one attached hydrogen (secondary N) is 2. The Hall–Kier alpha value is -2.05. The van der Waals surface area contributed by atoms with Crippen molar-refractivity contribution in [2.75, 3.05) is 0 Å². The lowest BCUT2D eigenvalue weighted by molar-refractivity contribution is -0.934. The van der Waals surface area contributed by atoms with Crippen molar-refractivity contribution in [2.24, 2.45) is 10.7 Å². The lowest BCUT2D eigenvalue weighted by Crippen LogP contribution is -3.16. The van der Waals surface area contributed by atoms with Crippen LogP contribution in [0.2, 0.25) is 0 Å². The molecule has 0 radical (unpaired) electrons. The maximum absolute atomic E-state index is 10.6. The molecule has 0 bridgehead atoms. The molecule has 0 spiro atoms. The van der Waals surface area contributed by atoms with Crippen LogP contribution in [0.3, 0.4) is 0 Å². The summed E-state index contributed by atoms with van der Waals surface area (Å²) in [7, 11) is 0.